The topological polar surface area (TPSA) is 12.5 Å². The molecule has 0 atom stereocenters. The minimum atomic E-state index is 0.0562. The van der Waals surface area contributed by atoms with Crippen LogP contribution in [-0.2, 0) is 4.74 Å². The lowest BCUT2D eigenvalue weighted by Crippen LogP contribution is -2.50. The summed E-state index contributed by atoms with van der Waals surface area (Å²) < 4.78 is 5.71. The van der Waals surface area contributed by atoms with Crippen LogP contribution in [0.2, 0.25) is 0 Å². The average molecular weight is 262 g/mol. The maximum Gasteiger partial charge on any atom is 0.0753 e. The van der Waals surface area contributed by atoms with E-state index in [0.29, 0.717) is 5.41 Å². The second-order valence-corrected chi connectivity index (χ2v) is 6.01. The van der Waals surface area contributed by atoms with E-state index in [1.165, 1.54) is 19.4 Å². The fraction of sp³-hybridized carbons (Fsp3) is 1.00. The van der Waals surface area contributed by atoms with Gasteiger partial charge in [-0.2, -0.15) is 0 Å². The number of alkyl halides is 1. The van der Waals surface area contributed by atoms with Gasteiger partial charge in [-0.15, -0.1) is 0 Å². The van der Waals surface area contributed by atoms with E-state index in [1.54, 1.807) is 0 Å². The highest BCUT2D eigenvalue weighted by molar-refractivity contribution is 9.09. The fourth-order valence-electron chi connectivity index (χ4n) is 2.23. The Balaban J connectivity index is 1.86. The van der Waals surface area contributed by atoms with E-state index in [1.807, 2.05) is 0 Å². The molecule has 0 aromatic heterocycles. The quantitative estimate of drug-likeness (QED) is 0.723. The van der Waals surface area contributed by atoms with Crippen molar-refractivity contribution in [1.82, 2.24) is 4.90 Å². The highest BCUT2D eigenvalue weighted by Gasteiger charge is 2.43. The highest BCUT2D eigenvalue weighted by Crippen LogP contribution is 2.47. The molecule has 3 heteroatoms. The smallest absolute Gasteiger partial charge is 0.0753 e. The van der Waals surface area contributed by atoms with Crippen molar-refractivity contribution < 1.29 is 4.74 Å². The molecule has 2 aliphatic rings. The van der Waals surface area contributed by atoms with Crippen molar-refractivity contribution in [2.75, 3.05) is 31.6 Å². The molecule has 1 saturated heterocycles. The Hall–Kier alpha value is 0.400. The van der Waals surface area contributed by atoms with Crippen LogP contribution in [0.1, 0.15) is 26.7 Å². The lowest BCUT2D eigenvalue weighted by Gasteiger charge is -2.39. The van der Waals surface area contributed by atoms with Gasteiger partial charge in [0.25, 0.3) is 0 Å². The van der Waals surface area contributed by atoms with Gasteiger partial charge in [-0.25, -0.2) is 0 Å². The third-order valence-electron chi connectivity index (χ3n) is 3.30. The molecule has 1 aliphatic carbocycles. The molecule has 1 aliphatic heterocycles. The predicted octanol–water partition coefficient (Wildman–Crippen LogP) is 2.27. The molecule has 0 N–H and O–H groups in total. The summed E-state index contributed by atoms with van der Waals surface area (Å²) >= 11 is 3.63. The summed E-state index contributed by atoms with van der Waals surface area (Å²) in [7, 11) is 0. The monoisotopic (exact) mass is 261 g/mol. The number of hydrogen-bond acceptors (Lipinski definition) is 2. The Labute approximate surface area is 95.1 Å². The Morgan fingerprint density at radius 1 is 1.36 bits per heavy atom. The molecule has 1 heterocycles. The molecule has 2 fully saturated rings. The first-order chi connectivity index (χ1) is 6.55. The molecule has 0 radical (unpaired) electrons. The number of rotatable bonds is 3. The van der Waals surface area contributed by atoms with Crippen LogP contribution in [-0.4, -0.2) is 42.1 Å². The zero-order valence-electron chi connectivity index (χ0n) is 9.18. The predicted molar refractivity (Wildman–Crippen MR) is 61.9 cm³/mol. The van der Waals surface area contributed by atoms with E-state index in [-0.39, 0.29) is 5.60 Å². The van der Waals surface area contributed by atoms with Crippen molar-refractivity contribution in [1.29, 1.82) is 0 Å². The molecular weight excluding hydrogens is 242 g/mol. The van der Waals surface area contributed by atoms with E-state index in [9.17, 15) is 0 Å². The van der Waals surface area contributed by atoms with Gasteiger partial charge in [-0.3, -0.25) is 4.90 Å². The zero-order valence-corrected chi connectivity index (χ0v) is 10.8. The van der Waals surface area contributed by atoms with Crippen molar-refractivity contribution in [3.8, 4) is 0 Å². The molecule has 14 heavy (non-hydrogen) atoms. The van der Waals surface area contributed by atoms with Crippen LogP contribution < -0.4 is 0 Å². The van der Waals surface area contributed by atoms with Crippen LogP contribution in [0.4, 0.5) is 0 Å². The molecule has 2 rings (SSSR count). The number of morpholine rings is 1. The van der Waals surface area contributed by atoms with Crippen LogP contribution in [0.25, 0.3) is 0 Å². The first kappa shape index (κ1) is 10.9. The Morgan fingerprint density at radius 2 is 2.07 bits per heavy atom. The third-order valence-corrected chi connectivity index (χ3v) is 4.49. The van der Waals surface area contributed by atoms with Crippen molar-refractivity contribution >= 4 is 15.9 Å². The minimum absolute atomic E-state index is 0.0562. The van der Waals surface area contributed by atoms with Crippen LogP contribution in [0, 0.1) is 5.41 Å². The second-order valence-electron chi connectivity index (χ2n) is 5.45. The van der Waals surface area contributed by atoms with Gasteiger partial charge in [0.1, 0.15) is 0 Å². The van der Waals surface area contributed by atoms with Gasteiger partial charge in [0.2, 0.25) is 0 Å². The summed E-state index contributed by atoms with van der Waals surface area (Å²) in [5.41, 5.74) is 0.661. The summed E-state index contributed by atoms with van der Waals surface area (Å²) in [5.74, 6) is 0. The third kappa shape index (κ3) is 2.50. The lowest BCUT2D eigenvalue weighted by atomic mass is 10.0. The van der Waals surface area contributed by atoms with Gasteiger partial charge >= 0.3 is 0 Å². The summed E-state index contributed by atoms with van der Waals surface area (Å²) in [5, 5.41) is 1.16. The SMILES string of the molecule is CC1(C)CN(CC2(CBr)CC2)CCO1. The maximum atomic E-state index is 5.71. The minimum Gasteiger partial charge on any atom is -0.373 e. The Morgan fingerprint density at radius 3 is 2.57 bits per heavy atom. The maximum absolute atomic E-state index is 5.71. The fourth-order valence-corrected chi connectivity index (χ4v) is 2.97. The molecule has 2 nitrogen and oxygen atoms in total. The highest BCUT2D eigenvalue weighted by atomic mass is 79.9. The first-order valence-corrected chi connectivity index (χ1v) is 6.60. The standard InChI is InChI=1S/C11H20BrNO/c1-10(2)8-13(5-6-14-10)9-11(7-12)3-4-11/h3-9H2,1-2H3. The van der Waals surface area contributed by atoms with Crippen molar-refractivity contribution in [2.24, 2.45) is 5.41 Å². The molecule has 82 valence electrons. The number of hydrogen-bond donors (Lipinski definition) is 0. The van der Waals surface area contributed by atoms with Crippen LogP contribution in [0.5, 0.6) is 0 Å². The normalized spacial score (nSPS) is 30.2. The molecule has 0 bridgehead atoms. The first-order valence-electron chi connectivity index (χ1n) is 5.48. The van der Waals surface area contributed by atoms with E-state index in [2.05, 4.69) is 34.7 Å². The average Bonchev–Trinajstić information content (AvgIpc) is 2.84. The second kappa shape index (κ2) is 3.76. The van der Waals surface area contributed by atoms with Crippen molar-refractivity contribution in [2.45, 2.75) is 32.3 Å². The summed E-state index contributed by atoms with van der Waals surface area (Å²) in [6, 6.07) is 0. The molecule has 0 aromatic rings. The molecule has 0 spiro atoms. The van der Waals surface area contributed by atoms with E-state index >= 15 is 0 Å². The van der Waals surface area contributed by atoms with Crippen LogP contribution in [0.15, 0.2) is 0 Å². The Kier molecular flexibility index (Phi) is 2.93. The van der Waals surface area contributed by atoms with Gasteiger partial charge < -0.3 is 4.74 Å². The Bertz CT molecular complexity index is 213. The molecule has 0 amide bonds. The zero-order chi connectivity index (χ0) is 10.2. The number of ether oxygens (including phenoxy) is 1. The largest absolute Gasteiger partial charge is 0.373 e. The number of nitrogens with zero attached hydrogens (tertiary/aromatic N) is 1. The molecular formula is C11H20BrNO. The van der Waals surface area contributed by atoms with Crippen LogP contribution in [0.3, 0.4) is 0 Å². The van der Waals surface area contributed by atoms with E-state index in [0.717, 1.165) is 25.0 Å². The molecule has 0 unspecified atom stereocenters. The van der Waals surface area contributed by atoms with E-state index < -0.39 is 0 Å². The summed E-state index contributed by atoms with van der Waals surface area (Å²) in [4.78, 5) is 2.57. The van der Waals surface area contributed by atoms with Gasteiger partial charge in [0.15, 0.2) is 0 Å². The lowest BCUT2D eigenvalue weighted by molar-refractivity contribution is -0.0892. The van der Waals surface area contributed by atoms with Gasteiger partial charge in [0.05, 0.1) is 12.2 Å². The van der Waals surface area contributed by atoms with Crippen molar-refractivity contribution in [3.63, 3.8) is 0 Å². The molecule has 1 saturated carbocycles. The van der Waals surface area contributed by atoms with Gasteiger partial charge in [0, 0.05) is 25.0 Å². The summed E-state index contributed by atoms with van der Waals surface area (Å²) in [6.45, 7) is 8.72. The van der Waals surface area contributed by atoms with Gasteiger partial charge in [-0.1, -0.05) is 15.9 Å². The van der Waals surface area contributed by atoms with E-state index in [4.69, 9.17) is 4.74 Å². The van der Waals surface area contributed by atoms with Crippen molar-refractivity contribution in [3.05, 3.63) is 0 Å². The number of halogens is 1. The van der Waals surface area contributed by atoms with Crippen LogP contribution >= 0.6 is 15.9 Å². The molecule has 0 aromatic carbocycles. The summed E-state index contributed by atoms with van der Waals surface area (Å²) in [6.07, 6.45) is 2.80. The van der Waals surface area contributed by atoms with Gasteiger partial charge in [-0.05, 0) is 32.1 Å².